The normalized spacial score (nSPS) is 22.4. The molecule has 0 aromatic heterocycles. The van der Waals surface area contributed by atoms with Crippen molar-refractivity contribution in [3.05, 3.63) is 65.2 Å². The summed E-state index contributed by atoms with van der Waals surface area (Å²) in [6.07, 6.45) is 0.218. The van der Waals surface area contributed by atoms with Crippen LogP contribution in [-0.4, -0.2) is 67.0 Å². The standard InChI is InChI=1S/C26H32N4O4/c1-17-4-8-19(9-5-17)23-21(25(32)34-3)16-22(24(31)29-14-12-27-13-15-29)30(23)26(33)28-20-10-6-18(2)7-11-20/h4-11,21-23,27H,12-16H2,1-3H3,(H,28,33). The summed E-state index contributed by atoms with van der Waals surface area (Å²) >= 11 is 0. The van der Waals surface area contributed by atoms with Crippen molar-refractivity contribution in [1.82, 2.24) is 15.1 Å². The van der Waals surface area contributed by atoms with Crippen LogP contribution in [0.1, 0.15) is 29.2 Å². The van der Waals surface area contributed by atoms with Gasteiger partial charge in [-0.15, -0.1) is 0 Å². The van der Waals surface area contributed by atoms with Gasteiger partial charge in [-0.3, -0.25) is 9.59 Å². The first-order chi connectivity index (χ1) is 16.4. The monoisotopic (exact) mass is 464 g/mol. The molecule has 0 radical (unpaired) electrons. The van der Waals surface area contributed by atoms with E-state index >= 15 is 0 Å². The third kappa shape index (κ3) is 4.92. The third-order valence-corrected chi connectivity index (χ3v) is 6.67. The topological polar surface area (TPSA) is 91.0 Å². The largest absolute Gasteiger partial charge is 0.469 e. The molecule has 34 heavy (non-hydrogen) atoms. The van der Waals surface area contributed by atoms with Gasteiger partial charge in [0.15, 0.2) is 0 Å². The van der Waals surface area contributed by atoms with E-state index in [2.05, 4.69) is 10.6 Å². The number of benzene rings is 2. The second-order valence-corrected chi connectivity index (χ2v) is 9.02. The van der Waals surface area contributed by atoms with E-state index in [1.165, 1.54) is 7.11 Å². The van der Waals surface area contributed by atoms with Gasteiger partial charge in [0.1, 0.15) is 6.04 Å². The number of piperazine rings is 1. The molecule has 2 N–H and O–H groups in total. The molecule has 0 saturated carbocycles. The van der Waals surface area contributed by atoms with Crippen LogP contribution >= 0.6 is 0 Å². The number of nitrogens with one attached hydrogen (secondary N) is 2. The predicted molar refractivity (Wildman–Crippen MR) is 129 cm³/mol. The highest BCUT2D eigenvalue weighted by molar-refractivity contribution is 5.96. The Hall–Kier alpha value is -3.39. The molecule has 0 aliphatic carbocycles. The molecule has 2 saturated heterocycles. The Kier molecular flexibility index (Phi) is 7.17. The fraction of sp³-hybridized carbons (Fsp3) is 0.423. The molecular formula is C26H32N4O4. The summed E-state index contributed by atoms with van der Waals surface area (Å²) in [7, 11) is 1.34. The van der Waals surface area contributed by atoms with Crippen LogP contribution < -0.4 is 10.6 Å². The summed E-state index contributed by atoms with van der Waals surface area (Å²) in [5.41, 5.74) is 3.58. The SMILES string of the molecule is COC(=O)C1CC(C(=O)N2CCNCC2)N(C(=O)Nc2ccc(C)cc2)C1c1ccc(C)cc1. The van der Waals surface area contributed by atoms with E-state index in [4.69, 9.17) is 4.74 Å². The first-order valence-corrected chi connectivity index (χ1v) is 11.7. The van der Waals surface area contributed by atoms with Crippen LogP contribution in [0.5, 0.6) is 0 Å². The molecule has 3 atom stereocenters. The molecule has 2 heterocycles. The number of hydrogen-bond donors (Lipinski definition) is 2. The molecule has 2 aromatic rings. The van der Waals surface area contributed by atoms with Gasteiger partial charge in [-0.05, 0) is 38.0 Å². The number of nitrogens with zero attached hydrogens (tertiary/aromatic N) is 2. The number of amides is 3. The number of rotatable bonds is 4. The van der Waals surface area contributed by atoms with Crippen LogP contribution in [0.15, 0.2) is 48.5 Å². The molecular weight excluding hydrogens is 432 g/mol. The average Bonchev–Trinajstić information content (AvgIpc) is 3.26. The highest BCUT2D eigenvalue weighted by Gasteiger charge is 2.52. The van der Waals surface area contributed by atoms with E-state index in [1.54, 1.807) is 9.80 Å². The highest BCUT2D eigenvalue weighted by Crippen LogP contribution is 2.43. The second-order valence-electron chi connectivity index (χ2n) is 9.02. The van der Waals surface area contributed by atoms with Crippen molar-refractivity contribution in [3.8, 4) is 0 Å². The zero-order valence-electron chi connectivity index (χ0n) is 19.9. The van der Waals surface area contributed by atoms with E-state index in [-0.39, 0.29) is 12.3 Å². The lowest BCUT2D eigenvalue weighted by Crippen LogP contribution is -2.54. The summed E-state index contributed by atoms with van der Waals surface area (Å²) < 4.78 is 5.11. The molecule has 2 fully saturated rings. The maximum atomic E-state index is 13.7. The molecule has 2 aliphatic rings. The Morgan fingerprint density at radius 2 is 1.53 bits per heavy atom. The van der Waals surface area contributed by atoms with E-state index < -0.39 is 30.0 Å². The van der Waals surface area contributed by atoms with Crippen molar-refractivity contribution in [3.63, 3.8) is 0 Å². The number of aryl methyl sites for hydroxylation is 2. The zero-order valence-corrected chi connectivity index (χ0v) is 19.9. The smallest absolute Gasteiger partial charge is 0.323 e. The van der Waals surface area contributed by atoms with Gasteiger partial charge >= 0.3 is 12.0 Å². The summed E-state index contributed by atoms with van der Waals surface area (Å²) in [5.74, 6) is -1.20. The van der Waals surface area contributed by atoms with E-state index in [9.17, 15) is 14.4 Å². The van der Waals surface area contributed by atoms with Crippen LogP contribution in [0, 0.1) is 19.8 Å². The molecule has 8 nitrogen and oxygen atoms in total. The molecule has 2 aromatic carbocycles. The van der Waals surface area contributed by atoms with Gasteiger partial charge < -0.3 is 25.2 Å². The first-order valence-electron chi connectivity index (χ1n) is 11.7. The van der Waals surface area contributed by atoms with Crippen LogP contribution in [0.2, 0.25) is 0 Å². The molecule has 0 bridgehead atoms. The molecule has 0 spiro atoms. The lowest BCUT2D eigenvalue weighted by molar-refractivity contribution is -0.146. The maximum absolute atomic E-state index is 13.7. The zero-order chi connectivity index (χ0) is 24.2. The number of hydrogen-bond acceptors (Lipinski definition) is 5. The molecule has 180 valence electrons. The van der Waals surface area contributed by atoms with Gasteiger partial charge in [-0.2, -0.15) is 0 Å². The maximum Gasteiger partial charge on any atom is 0.323 e. The fourth-order valence-corrected chi connectivity index (χ4v) is 4.81. The number of likely N-dealkylation sites (tertiary alicyclic amines) is 1. The summed E-state index contributed by atoms with van der Waals surface area (Å²) in [6.45, 7) is 6.50. The minimum absolute atomic E-state index is 0.135. The quantitative estimate of drug-likeness (QED) is 0.679. The number of anilines is 1. The molecule has 3 unspecified atom stereocenters. The average molecular weight is 465 g/mol. The number of carbonyl (C=O) groups is 3. The highest BCUT2D eigenvalue weighted by atomic mass is 16.5. The van der Waals surface area contributed by atoms with Crippen molar-refractivity contribution < 1.29 is 19.1 Å². The van der Waals surface area contributed by atoms with Gasteiger partial charge in [0.2, 0.25) is 5.91 Å². The molecule has 4 rings (SSSR count). The van der Waals surface area contributed by atoms with Gasteiger partial charge in [0, 0.05) is 31.9 Å². The predicted octanol–water partition coefficient (Wildman–Crippen LogP) is 2.87. The van der Waals surface area contributed by atoms with Crippen molar-refractivity contribution in [2.75, 3.05) is 38.6 Å². The lowest BCUT2D eigenvalue weighted by atomic mass is 9.92. The molecule has 2 aliphatic heterocycles. The Morgan fingerprint density at radius 1 is 0.941 bits per heavy atom. The third-order valence-electron chi connectivity index (χ3n) is 6.67. The summed E-state index contributed by atoms with van der Waals surface area (Å²) in [6, 6.07) is 13.4. The Morgan fingerprint density at radius 3 is 2.12 bits per heavy atom. The fourth-order valence-electron chi connectivity index (χ4n) is 4.81. The van der Waals surface area contributed by atoms with E-state index in [0.717, 1.165) is 16.7 Å². The summed E-state index contributed by atoms with van der Waals surface area (Å²) in [4.78, 5) is 43.5. The lowest BCUT2D eigenvalue weighted by Gasteiger charge is -2.35. The van der Waals surface area contributed by atoms with Crippen molar-refractivity contribution in [2.45, 2.75) is 32.4 Å². The molecule has 3 amide bonds. The molecule has 8 heteroatoms. The Bertz CT molecular complexity index is 1030. The van der Waals surface area contributed by atoms with Crippen LogP contribution in [-0.2, 0) is 14.3 Å². The second kappa shape index (κ2) is 10.3. The number of carbonyl (C=O) groups excluding carboxylic acids is 3. The number of urea groups is 1. The van der Waals surface area contributed by atoms with Crippen molar-refractivity contribution in [2.24, 2.45) is 5.92 Å². The first kappa shape index (κ1) is 23.8. The minimum atomic E-state index is -0.765. The van der Waals surface area contributed by atoms with Crippen LogP contribution in [0.25, 0.3) is 0 Å². The van der Waals surface area contributed by atoms with Crippen LogP contribution in [0.3, 0.4) is 0 Å². The van der Waals surface area contributed by atoms with Gasteiger partial charge in [0.05, 0.1) is 19.1 Å². The van der Waals surface area contributed by atoms with Gasteiger partial charge in [-0.25, -0.2) is 4.79 Å². The number of ether oxygens (including phenoxy) is 1. The Balaban J connectivity index is 1.72. The number of esters is 1. The van der Waals surface area contributed by atoms with Crippen molar-refractivity contribution in [1.29, 1.82) is 0 Å². The van der Waals surface area contributed by atoms with Crippen molar-refractivity contribution >= 4 is 23.6 Å². The van der Waals surface area contributed by atoms with Gasteiger partial charge in [0.25, 0.3) is 0 Å². The van der Waals surface area contributed by atoms with Crippen LogP contribution in [0.4, 0.5) is 10.5 Å². The number of methoxy groups -OCH3 is 1. The van der Waals surface area contributed by atoms with Gasteiger partial charge in [-0.1, -0.05) is 47.5 Å². The minimum Gasteiger partial charge on any atom is -0.469 e. The van der Waals surface area contributed by atoms with E-state index in [1.807, 2.05) is 62.4 Å². The Labute approximate surface area is 200 Å². The van der Waals surface area contributed by atoms with E-state index in [0.29, 0.717) is 31.9 Å². The summed E-state index contributed by atoms with van der Waals surface area (Å²) in [5, 5.41) is 6.19.